The minimum atomic E-state index is -1.03. The molecular formula is C19H18F3NO2. The molecule has 1 amide bonds. The molecule has 1 fully saturated rings. The van der Waals surface area contributed by atoms with Crippen molar-refractivity contribution in [3.63, 3.8) is 0 Å². The van der Waals surface area contributed by atoms with E-state index in [9.17, 15) is 23.1 Å². The number of aliphatic hydroxyl groups excluding tert-OH is 1. The minimum Gasteiger partial charge on any atom is -0.387 e. The van der Waals surface area contributed by atoms with Crippen LogP contribution in [0.5, 0.6) is 0 Å². The van der Waals surface area contributed by atoms with Crippen LogP contribution in [0.25, 0.3) is 0 Å². The Morgan fingerprint density at radius 2 is 1.72 bits per heavy atom. The first-order chi connectivity index (χ1) is 11.9. The number of nitrogens with one attached hydrogen (secondary N) is 1. The van der Waals surface area contributed by atoms with E-state index in [0.29, 0.717) is 18.4 Å². The summed E-state index contributed by atoms with van der Waals surface area (Å²) in [5, 5.41) is 12.8. The van der Waals surface area contributed by atoms with Gasteiger partial charge in [-0.05, 0) is 36.6 Å². The summed E-state index contributed by atoms with van der Waals surface area (Å²) in [6.07, 6.45) is 0.701. The third kappa shape index (κ3) is 3.39. The van der Waals surface area contributed by atoms with Crippen LogP contribution in [0, 0.1) is 17.5 Å². The van der Waals surface area contributed by atoms with Crippen molar-refractivity contribution < 1.29 is 23.1 Å². The van der Waals surface area contributed by atoms with E-state index in [-0.39, 0.29) is 12.1 Å². The van der Waals surface area contributed by atoms with Gasteiger partial charge in [-0.25, -0.2) is 13.2 Å². The van der Waals surface area contributed by atoms with E-state index in [4.69, 9.17) is 0 Å². The molecule has 25 heavy (non-hydrogen) atoms. The average molecular weight is 349 g/mol. The molecule has 0 heterocycles. The maximum atomic E-state index is 14.1. The summed E-state index contributed by atoms with van der Waals surface area (Å²) in [4.78, 5) is 12.6. The van der Waals surface area contributed by atoms with E-state index < -0.39 is 34.9 Å². The zero-order valence-electron chi connectivity index (χ0n) is 13.4. The molecule has 0 saturated heterocycles. The van der Waals surface area contributed by atoms with Crippen molar-refractivity contribution >= 4 is 5.91 Å². The van der Waals surface area contributed by atoms with Crippen LogP contribution >= 0.6 is 0 Å². The molecule has 1 aliphatic rings. The molecule has 1 atom stereocenters. The van der Waals surface area contributed by atoms with Crippen LogP contribution in [-0.2, 0) is 10.2 Å². The number of amides is 1. The van der Waals surface area contributed by atoms with Crippen molar-refractivity contribution in [1.82, 2.24) is 5.32 Å². The van der Waals surface area contributed by atoms with Crippen molar-refractivity contribution in [2.45, 2.75) is 30.8 Å². The fraction of sp³-hybridized carbons (Fsp3) is 0.316. The number of aliphatic hydroxyl groups is 1. The number of rotatable bonds is 5. The van der Waals surface area contributed by atoms with E-state index in [1.807, 2.05) is 0 Å². The Labute approximate surface area is 143 Å². The van der Waals surface area contributed by atoms with Crippen LogP contribution in [0.3, 0.4) is 0 Å². The Hall–Kier alpha value is -2.34. The van der Waals surface area contributed by atoms with Gasteiger partial charge >= 0.3 is 0 Å². The molecule has 3 rings (SSSR count). The summed E-state index contributed by atoms with van der Waals surface area (Å²) in [6.45, 7) is -0.0744. The van der Waals surface area contributed by atoms with E-state index in [1.54, 1.807) is 0 Å². The van der Waals surface area contributed by atoms with Crippen molar-refractivity contribution in [1.29, 1.82) is 0 Å². The van der Waals surface area contributed by atoms with Gasteiger partial charge in [0.05, 0.1) is 11.5 Å². The average Bonchev–Trinajstić information content (AvgIpc) is 2.54. The van der Waals surface area contributed by atoms with E-state index >= 15 is 0 Å². The van der Waals surface area contributed by atoms with Crippen molar-refractivity contribution in [3.05, 3.63) is 71.0 Å². The highest BCUT2D eigenvalue weighted by Crippen LogP contribution is 2.45. The summed E-state index contributed by atoms with van der Waals surface area (Å²) in [5.41, 5.74) is -0.383. The lowest BCUT2D eigenvalue weighted by Gasteiger charge is -2.41. The van der Waals surface area contributed by atoms with Crippen LogP contribution in [0.1, 0.15) is 36.5 Å². The molecule has 1 aliphatic carbocycles. The summed E-state index contributed by atoms with van der Waals surface area (Å²) in [6, 6.07) is 8.54. The molecule has 0 bridgehead atoms. The Kier molecular flexibility index (Phi) is 4.81. The van der Waals surface area contributed by atoms with Gasteiger partial charge in [0.15, 0.2) is 0 Å². The lowest BCUT2D eigenvalue weighted by Crippen LogP contribution is -2.50. The molecule has 132 valence electrons. The summed E-state index contributed by atoms with van der Waals surface area (Å²) < 4.78 is 40.2. The second-order valence-electron chi connectivity index (χ2n) is 6.34. The Morgan fingerprint density at radius 1 is 1.08 bits per heavy atom. The van der Waals surface area contributed by atoms with Crippen LogP contribution in [0.2, 0.25) is 0 Å². The zero-order valence-corrected chi connectivity index (χ0v) is 13.4. The molecule has 1 saturated carbocycles. The first kappa shape index (κ1) is 17.5. The van der Waals surface area contributed by atoms with E-state index in [1.165, 1.54) is 30.3 Å². The summed E-state index contributed by atoms with van der Waals surface area (Å²) in [7, 11) is 0. The lowest BCUT2D eigenvalue weighted by molar-refractivity contribution is -0.130. The van der Waals surface area contributed by atoms with Gasteiger partial charge < -0.3 is 10.4 Å². The highest BCUT2D eigenvalue weighted by molar-refractivity contribution is 5.89. The quantitative estimate of drug-likeness (QED) is 0.869. The van der Waals surface area contributed by atoms with Gasteiger partial charge in [-0.3, -0.25) is 4.79 Å². The summed E-state index contributed by atoms with van der Waals surface area (Å²) >= 11 is 0. The van der Waals surface area contributed by atoms with Crippen molar-refractivity contribution in [3.8, 4) is 0 Å². The fourth-order valence-electron chi connectivity index (χ4n) is 3.19. The van der Waals surface area contributed by atoms with Gasteiger partial charge in [0.2, 0.25) is 5.91 Å². The van der Waals surface area contributed by atoms with Crippen LogP contribution in [0.4, 0.5) is 13.2 Å². The monoisotopic (exact) mass is 349 g/mol. The first-order valence-electron chi connectivity index (χ1n) is 8.10. The highest BCUT2D eigenvalue weighted by atomic mass is 19.1. The molecule has 3 nitrogen and oxygen atoms in total. The third-order valence-corrected chi connectivity index (χ3v) is 4.80. The lowest BCUT2D eigenvalue weighted by atomic mass is 9.63. The van der Waals surface area contributed by atoms with Crippen molar-refractivity contribution in [2.24, 2.45) is 0 Å². The predicted molar refractivity (Wildman–Crippen MR) is 86.3 cm³/mol. The van der Waals surface area contributed by atoms with Crippen LogP contribution in [0.15, 0.2) is 42.5 Å². The van der Waals surface area contributed by atoms with Crippen LogP contribution < -0.4 is 5.32 Å². The number of carbonyl (C=O) groups excluding carboxylic acids is 1. The topological polar surface area (TPSA) is 49.3 Å². The molecule has 6 heteroatoms. The Bertz CT molecular complexity index is 773. The molecule has 1 unspecified atom stereocenters. The van der Waals surface area contributed by atoms with Crippen molar-refractivity contribution in [2.75, 3.05) is 6.54 Å². The molecule has 2 N–H and O–H groups in total. The molecule has 0 radical (unpaired) electrons. The molecule has 2 aromatic rings. The number of hydrogen-bond donors (Lipinski definition) is 2. The molecule has 0 spiro atoms. The van der Waals surface area contributed by atoms with Crippen LogP contribution in [-0.4, -0.2) is 17.6 Å². The van der Waals surface area contributed by atoms with Gasteiger partial charge in [0.1, 0.15) is 17.5 Å². The minimum absolute atomic E-state index is 0.0744. The fourth-order valence-corrected chi connectivity index (χ4v) is 3.19. The standard InChI is InChI=1S/C19H18F3NO2/c20-13-4-2-12(3-5-13)17(24)11-23-18(25)19(8-1-9-19)15-7-6-14(21)10-16(15)22/h2-7,10,17,24H,1,8-9,11H2,(H,23,25). The second-order valence-corrected chi connectivity index (χ2v) is 6.34. The maximum Gasteiger partial charge on any atom is 0.230 e. The third-order valence-electron chi connectivity index (χ3n) is 4.80. The number of hydrogen-bond acceptors (Lipinski definition) is 2. The molecule has 2 aromatic carbocycles. The van der Waals surface area contributed by atoms with Gasteiger partial charge in [0.25, 0.3) is 0 Å². The zero-order chi connectivity index (χ0) is 18.0. The molecule has 0 aliphatic heterocycles. The van der Waals surface area contributed by atoms with Gasteiger partial charge in [-0.15, -0.1) is 0 Å². The molecular weight excluding hydrogens is 331 g/mol. The molecule has 0 aromatic heterocycles. The highest BCUT2D eigenvalue weighted by Gasteiger charge is 2.47. The second kappa shape index (κ2) is 6.88. The predicted octanol–water partition coefficient (Wildman–Crippen LogP) is 3.38. The Morgan fingerprint density at radius 3 is 2.28 bits per heavy atom. The smallest absolute Gasteiger partial charge is 0.230 e. The van der Waals surface area contributed by atoms with E-state index in [0.717, 1.165) is 18.6 Å². The van der Waals surface area contributed by atoms with Gasteiger partial charge in [0, 0.05) is 18.2 Å². The van der Waals surface area contributed by atoms with Gasteiger partial charge in [-0.2, -0.15) is 0 Å². The van der Waals surface area contributed by atoms with E-state index in [2.05, 4.69) is 5.32 Å². The maximum absolute atomic E-state index is 14.1. The SMILES string of the molecule is O=C(NCC(O)c1ccc(F)cc1)C1(c2ccc(F)cc2F)CCC1. The summed E-state index contributed by atoms with van der Waals surface area (Å²) in [5.74, 6) is -2.25. The Balaban J connectivity index is 1.71. The number of halogens is 3. The number of carbonyl (C=O) groups is 1. The largest absolute Gasteiger partial charge is 0.387 e. The number of benzene rings is 2. The first-order valence-corrected chi connectivity index (χ1v) is 8.10. The normalized spacial score (nSPS) is 16.8. The van der Waals surface area contributed by atoms with Gasteiger partial charge in [-0.1, -0.05) is 24.6 Å².